The lowest BCUT2D eigenvalue weighted by atomic mass is 10.1. The number of aryl methyl sites for hydroxylation is 2. The lowest BCUT2D eigenvalue weighted by Crippen LogP contribution is -2.07. The molecule has 2 N–H and O–H groups in total. The summed E-state index contributed by atoms with van der Waals surface area (Å²) in [6.45, 7) is 6.38. The lowest BCUT2D eigenvalue weighted by molar-refractivity contribution is 0.0697. The van der Waals surface area contributed by atoms with E-state index >= 15 is 0 Å². The highest BCUT2D eigenvalue weighted by molar-refractivity contribution is 7.15. The lowest BCUT2D eigenvalue weighted by Gasteiger charge is -2.15. The van der Waals surface area contributed by atoms with Gasteiger partial charge < -0.3 is 10.4 Å². The molecule has 1 aromatic carbocycles. The molecule has 2 heterocycles. The normalized spacial score (nSPS) is 10.8. The molecule has 3 rings (SSSR count). The largest absolute Gasteiger partial charge is 0.478 e. The van der Waals surface area contributed by atoms with Crippen molar-refractivity contribution in [2.75, 3.05) is 5.32 Å². The molecule has 0 unspecified atom stereocenters. The van der Waals surface area contributed by atoms with E-state index in [4.69, 9.17) is 15.1 Å². The van der Waals surface area contributed by atoms with Crippen molar-refractivity contribution in [2.45, 2.75) is 46.5 Å². The van der Waals surface area contributed by atoms with E-state index in [9.17, 15) is 4.79 Å². The van der Waals surface area contributed by atoms with Crippen molar-refractivity contribution >= 4 is 28.8 Å². The zero-order chi connectivity index (χ0) is 20.1. The Morgan fingerprint density at radius 2 is 1.79 bits per heavy atom. The number of carboxylic acid groups (broad SMARTS) is 1. The molecule has 0 atom stereocenters. The van der Waals surface area contributed by atoms with Crippen LogP contribution in [0, 0.1) is 0 Å². The van der Waals surface area contributed by atoms with Gasteiger partial charge in [0.2, 0.25) is 0 Å². The minimum Gasteiger partial charge on any atom is -0.478 e. The Morgan fingerprint density at radius 1 is 1.04 bits per heavy atom. The molecule has 0 spiro atoms. The summed E-state index contributed by atoms with van der Waals surface area (Å²) >= 11 is 1.75. The molecule has 0 saturated heterocycles. The van der Waals surface area contributed by atoms with Crippen LogP contribution in [-0.2, 0) is 19.3 Å². The highest BCUT2D eigenvalue weighted by Crippen LogP contribution is 2.30. The van der Waals surface area contributed by atoms with Crippen molar-refractivity contribution in [1.29, 1.82) is 0 Å². The number of benzene rings is 1. The van der Waals surface area contributed by atoms with E-state index in [1.54, 1.807) is 35.6 Å². The average molecular weight is 396 g/mol. The van der Waals surface area contributed by atoms with Crippen LogP contribution in [0.15, 0.2) is 36.4 Å². The first-order valence-electron chi connectivity index (χ1n) is 9.64. The maximum Gasteiger partial charge on any atom is 0.335 e. The van der Waals surface area contributed by atoms with Crippen LogP contribution in [0.25, 0.3) is 10.7 Å². The summed E-state index contributed by atoms with van der Waals surface area (Å²) in [7, 11) is 0. The van der Waals surface area contributed by atoms with E-state index < -0.39 is 5.97 Å². The van der Waals surface area contributed by atoms with Crippen LogP contribution < -0.4 is 5.32 Å². The zero-order valence-corrected chi connectivity index (χ0v) is 17.3. The highest BCUT2D eigenvalue weighted by Gasteiger charge is 2.15. The highest BCUT2D eigenvalue weighted by atomic mass is 32.1. The van der Waals surface area contributed by atoms with E-state index in [0.717, 1.165) is 59.1 Å². The molecular formula is C22H25N3O2S. The van der Waals surface area contributed by atoms with E-state index in [0.29, 0.717) is 0 Å². The van der Waals surface area contributed by atoms with Crippen LogP contribution in [0.2, 0.25) is 0 Å². The van der Waals surface area contributed by atoms with Gasteiger partial charge in [-0.15, -0.1) is 11.3 Å². The first kappa shape index (κ1) is 20.0. The van der Waals surface area contributed by atoms with Gasteiger partial charge in [-0.05, 0) is 55.7 Å². The second-order valence-electron chi connectivity index (χ2n) is 6.55. The molecule has 3 aromatic rings. The SMILES string of the molecule is CCCc1ccc(-c2nc(CC)c(CC)c(Nc3ccc(C(=O)O)cc3)n2)s1. The Kier molecular flexibility index (Phi) is 6.41. The third-order valence-corrected chi connectivity index (χ3v) is 5.70. The number of carbonyl (C=O) groups is 1. The number of nitrogens with zero attached hydrogens (tertiary/aromatic N) is 2. The minimum atomic E-state index is -0.932. The Labute approximate surface area is 169 Å². The Bertz CT molecular complexity index is 964. The molecular weight excluding hydrogens is 370 g/mol. The Morgan fingerprint density at radius 3 is 2.39 bits per heavy atom. The van der Waals surface area contributed by atoms with Gasteiger partial charge in [0.05, 0.1) is 10.4 Å². The van der Waals surface area contributed by atoms with Crippen LogP contribution in [-0.4, -0.2) is 21.0 Å². The summed E-state index contributed by atoms with van der Waals surface area (Å²) in [5, 5.41) is 12.4. The number of rotatable bonds is 8. The monoisotopic (exact) mass is 395 g/mol. The van der Waals surface area contributed by atoms with Gasteiger partial charge in [0.15, 0.2) is 5.82 Å². The topological polar surface area (TPSA) is 75.1 Å². The van der Waals surface area contributed by atoms with E-state index in [1.807, 2.05) is 0 Å². The second-order valence-corrected chi connectivity index (χ2v) is 7.72. The molecule has 6 heteroatoms. The molecule has 0 aliphatic heterocycles. The summed E-state index contributed by atoms with van der Waals surface area (Å²) in [5.41, 5.74) is 3.21. The first-order chi connectivity index (χ1) is 13.5. The van der Waals surface area contributed by atoms with Crippen LogP contribution in [0.3, 0.4) is 0 Å². The molecule has 0 fully saturated rings. The number of carboxylic acids is 1. The molecule has 0 amide bonds. The molecule has 0 bridgehead atoms. The minimum absolute atomic E-state index is 0.265. The summed E-state index contributed by atoms with van der Waals surface area (Å²) < 4.78 is 0. The van der Waals surface area contributed by atoms with Crippen molar-refractivity contribution in [2.24, 2.45) is 0 Å². The predicted octanol–water partition coefficient (Wildman–Crippen LogP) is 5.72. The van der Waals surface area contributed by atoms with Crippen molar-refractivity contribution in [1.82, 2.24) is 9.97 Å². The Balaban J connectivity index is 1.99. The number of nitrogens with one attached hydrogen (secondary N) is 1. The van der Waals surface area contributed by atoms with Crippen molar-refractivity contribution in [3.8, 4) is 10.7 Å². The van der Waals surface area contributed by atoms with Gasteiger partial charge in [0.25, 0.3) is 0 Å². The van der Waals surface area contributed by atoms with E-state index in [1.165, 1.54) is 4.88 Å². The van der Waals surface area contributed by atoms with E-state index in [2.05, 4.69) is 38.2 Å². The summed E-state index contributed by atoms with van der Waals surface area (Å²) in [5.74, 6) is 0.600. The number of anilines is 2. The number of thiophene rings is 1. The standard InChI is InChI=1S/C22H25N3O2S/c1-4-7-16-12-13-19(28-16)21-24-18(6-3)17(5-2)20(25-21)23-15-10-8-14(9-11-15)22(26)27/h8-13H,4-7H2,1-3H3,(H,26,27)(H,23,24,25). The third-order valence-electron chi connectivity index (χ3n) is 4.55. The fourth-order valence-corrected chi connectivity index (χ4v) is 4.16. The van der Waals surface area contributed by atoms with Gasteiger partial charge in [-0.3, -0.25) is 0 Å². The smallest absolute Gasteiger partial charge is 0.335 e. The quantitative estimate of drug-likeness (QED) is 0.510. The molecule has 0 saturated carbocycles. The summed E-state index contributed by atoms with van der Waals surface area (Å²) in [4.78, 5) is 23.1. The van der Waals surface area contributed by atoms with Crippen LogP contribution >= 0.6 is 11.3 Å². The molecule has 2 aromatic heterocycles. The number of hydrogen-bond donors (Lipinski definition) is 2. The van der Waals surface area contributed by atoms with Gasteiger partial charge in [0.1, 0.15) is 5.82 Å². The first-order valence-corrected chi connectivity index (χ1v) is 10.5. The predicted molar refractivity (Wildman–Crippen MR) is 115 cm³/mol. The second kappa shape index (κ2) is 8.97. The van der Waals surface area contributed by atoms with Crippen LogP contribution in [0.5, 0.6) is 0 Å². The molecule has 0 aliphatic carbocycles. The summed E-state index contributed by atoms with van der Waals surface area (Å²) in [6, 6.07) is 11.0. The van der Waals surface area contributed by atoms with Crippen LogP contribution in [0.1, 0.15) is 53.7 Å². The van der Waals surface area contributed by atoms with E-state index in [-0.39, 0.29) is 5.56 Å². The zero-order valence-electron chi connectivity index (χ0n) is 16.5. The van der Waals surface area contributed by atoms with Crippen molar-refractivity contribution < 1.29 is 9.90 Å². The van der Waals surface area contributed by atoms with Gasteiger partial charge in [-0.25, -0.2) is 14.8 Å². The molecule has 146 valence electrons. The molecule has 0 aliphatic rings. The maximum absolute atomic E-state index is 11.1. The van der Waals surface area contributed by atoms with Crippen LogP contribution in [0.4, 0.5) is 11.5 Å². The molecule has 5 nitrogen and oxygen atoms in total. The van der Waals surface area contributed by atoms with Gasteiger partial charge in [0, 0.05) is 21.8 Å². The van der Waals surface area contributed by atoms with Crippen molar-refractivity contribution in [3.63, 3.8) is 0 Å². The van der Waals surface area contributed by atoms with Gasteiger partial charge in [-0.1, -0.05) is 27.2 Å². The molecule has 0 radical (unpaired) electrons. The maximum atomic E-state index is 11.1. The summed E-state index contributed by atoms with van der Waals surface area (Å²) in [6.07, 6.45) is 3.84. The fraction of sp³-hybridized carbons (Fsp3) is 0.318. The molecule has 28 heavy (non-hydrogen) atoms. The number of aromatic carboxylic acids is 1. The Hall–Kier alpha value is -2.73. The average Bonchev–Trinajstić information content (AvgIpc) is 3.16. The van der Waals surface area contributed by atoms with Gasteiger partial charge in [-0.2, -0.15) is 0 Å². The fourth-order valence-electron chi connectivity index (χ4n) is 3.12. The number of hydrogen-bond acceptors (Lipinski definition) is 5. The number of aromatic nitrogens is 2. The third kappa shape index (κ3) is 4.39. The van der Waals surface area contributed by atoms with Crippen molar-refractivity contribution in [3.05, 3.63) is 58.1 Å². The van der Waals surface area contributed by atoms with Gasteiger partial charge >= 0.3 is 5.97 Å².